The van der Waals surface area contributed by atoms with Gasteiger partial charge in [-0.15, -0.1) is 12.4 Å². The standard InChI is InChI=1S/C18H34N4O2.ClH/c1-14(2)11-21-18(24)22-9-3-4-16(13-22)10-17(23)20-8-6-15-5-7-19-12-15;/h14-16,19H,3-13H2,1-2H3,(H,20,23)(H,21,24);1H. The van der Waals surface area contributed by atoms with Crippen molar-refractivity contribution in [3.63, 3.8) is 0 Å². The van der Waals surface area contributed by atoms with Gasteiger partial charge in [-0.25, -0.2) is 4.79 Å². The predicted octanol–water partition coefficient (Wildman–Crippen LogP) is 1.99. The Kier molecular flexibility index (Phi) is 10.2. The Morgan fingerprint density at radius 2 is 2.00 bits per heavy atom. The van der Waals surface area contributed by atoms with E-state index in [-0.39, 0.29) is 30.3 Å². The highest BCUT2D eigenvalue weighted by atomic mass is 35.5. The van der Waals surface area contributed by atoms with Crippen molar-refractivity contribution in [2.24, 2.45) is 17.8 Å². The molecular formula is C18H35ClN4O2. The van der Waals surface area contributed by atoms with Crippen molar-refractivity contribution in [1.29, 1.82) is 0 Å². The van der Waals surface area contributed by atoms with Gasteiger partial charge in [0, 0.05) is 32.6 Å². The van der Waals surface area contributed by atoms with Gasteiger partial charge < -0.3 is 20.9 Å². The lowest BCUT2D eigenvalue weighted by Crippen LogP contribution is -2.47. The summed E-state index contributed by atoms with van der Waals surface area (Å²) in [7, 11) is 0. The number of nitrogens with one attached hydrogen (secondary N) is 3. The van der Waals surface area contributed by atoms with Gasteiger partial charge in [0.1, 0.15) is 0 Å². The maximum absolute atomic E-state index is 12.2. The minimum atomic E-state index is 0. The molecule has 6 nitrogen and oxygen atoms in total. The minimum Gasteiger partial charge on any atom is -0.356 e. The van der Waals surface area contributed by atoms with Crippen LogP contribution in [-0.4, -0.2) is 56.1 Å². The molecule has 0 aromatic rings. The van der Waals surface area contributed by atoms with E-state index >= 15 is 0 Å². The van der Waals surface area contributed by atoms with Crippen LogP contribution in [0.15, 0.2) is 0 Å². The summed E-state index contributed by atoms with van der Waals surface area (Å²) in [4.78, 5) is 26.2. The summed E-state index contributed by atoms with van der Waals surface area (Å²) in [6.45, 7) is 9.35. The van der Waals surface area contributed by atoms with Crippen LogP contribution < -0.4 is 16.0 Å². The Balaban J connectivity index is 0.00000312. The fourth-order valence-electron chi connectivity index (χ4n) is 3.53. The molecule has 2 aliphatic rings. The highest BCUT2D eigenvalue weighted by Gasteiger charge is 2.25. The Bertz CT molecular complexity index is 414. The van der Waals surface area contributed by atoms with Gasteiger partial charge >= 0.3 is 6.03 Å². The number of hydrogen-bond acceptors (Lipinski definition) is 3. The number of urea groups is 1. The van der Waals surface area contributed by atoms with Crippen molar-refractivity contribution in [1.82, 2.24) is 20.9 Å². The van der Waals surface area contributed by atoms with Crippen LogP contribution >= 0.6 is 12.4 Å². The van der Waals surface area contributed by atoms with E-state index in [1.54, 1.807) is 0 Å². The lowest BCUT2D eigenvalue weighted by Gasteiger charge is -2.32. The van der Waals surface area contributed by atoms with Crippen molar-refractivity contribution in [2.75, 3.05) is 39.3 Å². The molecule has 0 aromatic heterocycles. The Labute approximate surface area is 158 Å². The number of amides is 3. The fourth-order valence-corrected chi connectivity index (χ4v) is 3.53. The van der Waals surface area contributed by atoms with Crippen LogP contribution in [0.2, 0.25) is 0 Å². The number of carbonyl (C=O) groups excluding carboxylic acids is 2. The topological polar surface area (TPSA) is 73.5 Å². The summed E-state index contributed by atoms with van der Waals surface area (Å²) >= 11 is 0. The molecule has 0 radical (unpaired) electrons. The molecule has 0 bridgehead atoms. The molecule has 0 spiro atoms. The quantitative estimate of drug-likeness (QED) is 0.638. The first kappa shape index (κ1) is 22.0. The van der Waals surface area contributed by atoms with Crippen LogP contribution in [0.5, 0.6) is 0 Å². The van der Waals surface area contributed by atoms with Crippen LogP contribution in [0, 0.1) is 17.8 Å². The molecule has 2 rings (SSSR count). The normalized spacial score (nSPS) is 23.2. The maximum atomic E-state index is 12.2. The zero-order valence-corrected chi connectivity index (χ0v) is 16.5. The van der Waals surface area contributed by atoms with Crippen molar-refractivity contribution >= 4 is 24.3 Å². The van der Waals surface area contributed by atoms with E-state index in [0.717, 1.165) is 45.4 Å². The summed E-state index contributed by atoms with van der Waals surface area (Å²) in [6, 6.07) is 0.0162. The van der Waals surface area contributed by atoms with Crippen molar-refractivity contribution in [3.05, 3.63) is 0 Å². The van der Waals surface area contributed by atoms with Crippen molar-refractivity contribution < 1.29 is 9.59 Å². The number of halogens is 1. The van der Waals surface area contributed by atoms with Crippen LogP contribution in [0.3, 0.4) is 0 Å². The van der Waals surface area contributed by atoms with Gasteiger partial charge in [-0.1, -0.05) is 13.8 Å². The van der Waals surface area contributed by atoms with E-state index < -0.39 is 0 Å². The highest BCUT2D eigenvalue weighted by molar-refractivity contribution is 5.85. The molecule has 2 heterocycles. The molecule has 2 unspecified atom stereocenters. The second kappa shape index (κ2) is 11.6. The third-order valence-electron chi connectivity index (χ3n) is 4.98. The largest absolute Gasteiger partial charge is 0.356 e. The van der Waals surface area contributed by atoms with Crippen molar-refractivity contribution in [2.45, 2.75) is 46.0 Å². The summed E-state index contributed by atoms with van der Waals surface area (Å²) < 4.78 is 0. The lowest BCUT2D eigenvalue weighted by molar-refractivity contribution is -0.122. The summed E-state index contributed by atoms with van der Waals surface area (Å²) in [5.41, 5.74) is 0. The SMILES string of the molecule is CC(C)CNC(=O)N1CCCC(CC(=O)NCCC2CCNC2)C1.Cl. The molecule has 2 atom stereocenters. The first-order valence-corrected chi connectivity index (χ1v) is 9.54. The van der Waals surface area contributed by atoms with Crippen molar-refractivity contribution in [3.8, 4) is 0 Å². The van der Waals surface area contributed by atoms with E-state index in [2.05, 4.69) is 29.8 Å². The number of nitrogens with zero attached hydrogens (tertiary/aromatic N) is 1. The minimum absolute atomic E-state index is 0. The second-order valence-electron chi connectivity index (χ2n) is 7.74. The Morgan fingerprint density at radius 1 is 1.20 bits per heavy atom. The Hall–Kier alpha value is -1.01. The first-order chi connectivity index (χ1) is 11.5. The Morgan fingerprint density at radius 3 is 2.68 bits per heavy atom. The molecule has 2 saturated heterocycles. The number of rotatable bonds is 7. The smallest absolute Gasteiger partial charge is 0.317 e. The molecule has 0 aliphatic carbocycles. The van der Waals surface area contributed by atoms with Gasteiger partial charge in [0.05, 0.1) is 0 Å². The third kappa shape index (κ3) is 8.27. The summed E-state index contributed by atoms with van der Waals surface area (Å²) in [5.74, 6) is 1.59. The molecular weight excluding hydrogens is 340 g/mol. The number of piperidine rings is 1. The number of hydrogen-bond donors (Lipinski definition) is 3. The molecule has 3 amide bonds. The number of carbonyl (C=O) groups is 2. The van der Waals surface area contributed by atoms with Crippen LogP contribution in [0.1, 0.15) is 46.0 Å². The molecule has 7 heteroatoms. The van der Waals surface area contributed by atoms with Crippen LogP contribution in [0.4, 0.5) is 4.79 Å². The van der Waals surface area contributed by atoms with Gasteiger partial charge in [-0.3, -0.25) is 4.79 Å². The monoisotopic (exact) mass is 374 g/mol. The van der Waals surface area contributed by atoms with Gasteiger partial charge in [-0.05, 0) is 56.5 Å². The fraction of sp³-hybridized carbons (Fsp3) is 0.889. The lowest BCUT2D eigenvalue weighted by atomic mass is 9.94. The zero-order chi connectivity index (χ0) is 17.4. The number of likely N-dealkylation sites (tertiary alicyclic amines) is 1. The summed E-state index contributed by atoms with van der Waals surface area (Å²) in [6.07, 6.45) is 4.84. The summed E-state index contributed by atoms with van der Waals surface area (Å²) in [5, 5.41) is 9.38. The average molecular weight is 375 g/mol. The van der Waals surface area contributed by atoms with Crippen LogP contribution in [-0.2, 0) is 4.79 Å². The van der Waals surface area contributed by atoms with E-state index in [0.29, 0.717) is 31.3 Å². The molecule has 2 fully saturated rings. The molecule has 0 saturated carbocycles. The van der Waals surface area contributed by atoms with E-state index in [4.69, 9.17) is 0 Å². The average Bonchev–Trinajstić information content (AvgIpc) is 3.06. The van der Waals surface area contributed by atoms with Crippen LogP contribution in [0.25, 0.3) is 0 Å². The second-order valence-corrected chi connectivity index (χ2v) is 7.74. The van der Waals surface area contributed by atoms with E-state index in [9.17, 15) is 9.59 Å². The van der Waals surface area contributed by atoms with Gasteiger partial charge in [0.2, 0.25) is 5.91 Å². The molecule has 0 aromatic carbocycles. The molecule has 3 N–H and O–H groups in total. The molecule has 146 valence electrons. The highest BCUT2D eigenvalue weighted by Crippen LogP contribution is 2.19. The zero-order valence-electron chi connectivity index (χ0n) is 15.7. The first-order valence-electron chi connectivity index (χ1n) is 9.54. The maximum Gasteiger partial charge on any atom is 0.317 e. The molecule has 25 heavy (non-hydrogen) atoms. The van der Waals surface area contributed by atoms with E-state index in [1.807, 2.05) is 4.90 Å². The van der Waals surface area contributed by atoms with Gasteiger partial charge in [0.15, 0.2) is 0 Å². The van der Waals surface area contributed by atoms with Gasteiger partial charge in [-0.2, -0.15) is 0 Å². The molecule has 2 aliphatic heterocycles. The van der Waals surface area contributed by atoms with Gasteiger partial charge in [0.25, 0.3) is 0 Å². The third-order valence-corrected chi connectivity index (χ3v) is 4.98. The van der Waals surface area contributed by atoms with E-state index in [1.165, 1.54) is 6.42 Å². The predicted molar refractivity (Wildman–Crippen MR) is 103 cm³/mol.